The summed E-state index contributed by atoms with van der Waals surface area (Å²) in [6.07, 6.45) is 0. The van der Waals surface area contributed by atoms with Crippen LogP contribution in [0.25, 0.3) is 0 Å². The SMILES string of the molecule is O=C(O)c1ccc(OCCOc2ccccc2)c(F)c1Br. The average molecular weight is 355 g/mol. The fraction of sp³-hybridized carbons (Fsp3) is 0.133. The van der Waals surface area contributed by atoms with Gasteiger partial charge < -0.3 is 14.6 Å². The number of aromatic carboxylic acids is 1. The highest BCUT2D eigenvalue weighted by Gasteiger charge is 2.16. The zero-order chi connectivity index (χ0) is 15.2. The van der Waals surface area contributed by atoms with Crippen molar-refractivity contribution in [1.29, 1.82) is 0 Å². The number of hydrogen-bond acceptors (Lipinski definition) is 3. The van der Waals surface area contributed by atoms with Crippen LogP contribution in [0.5, 0.6) is 11.5 Å². The average Bonchev–Trinajstić information content (AvgIpc) is 2.48. The molecule has 2 aromatic rings. The van der Waals surface area contributed by atoms with Crippen molar-refractivity contribution >= 4 is 21.9 Å². The molecule has 0 saturated heterocycles. The van der Waals surface area contributed by atoms with E-state index in [9.17, 15) is 9.18 Å². The van der Waals surface area contributed by atoms with Crippen LogP contribution in [0.4, 0.5) is 4.39 Å². The Labute approximate surface area is 129 Å². The van der Waals surface area contributed by atoms with Gasteiger partial charge in [0.15, 0.2) is 11.6 Å². The second-order valence-corrected chi connectivity index (χ2v) is 4.85. The first-order valence-electron chi connectivity index (χ1n) is 6.11. The maximum Gasteiger partial charge on any atom is 0.336 e. The van der Waals surface area contributed by atoms with Crippen LogP contribution in [0, 0.1) is 5.82 Å². The standard InChI is InChI=1S/C15H12BrFO4/c16-13-11(15(18)19)6-7-12(14(13)17)21-9-8-20-10-4-2-1-3-5-10/h1-7H,8-9H2,(H,18,19). The van der Waals surface area contributed by atoms with Gasteiger partial charge in [-0.3, -0.25) is 0 Å². The molecular weight excluding hydrogens is 343 g/mol. The Morgan fingerprint density at radius 2 is 1.76 bits per heavy atom. The van der Waals surface area contributed by atoms with Gasteiger partial charge in [-0.15, -0.1) is 0 Å². The van der Waals surface area contributed by atoms with Gasteiger partial charge in [0.1, 0.15) is 19.0 Å². The highest BCUT2D eigenvalue weighted by molar-refractivity contribution is 9.10. The van der Waals surface area contributed by atoms with Crippen LogP contribution in [0.15, 0.2) is 46.9 Å². The fourth-order valence-electron chi connectivity index (χ4n) is 1.64. The van der Waals surface area contributed by atoms with Crippen molar-refractivity contribution in [2.75, 3.05) is 13.2 Å². The van der Waals surface area contributed by atoms with Crippen molar-refractivity contribution < 1.29 is 23.8 Å². The Kier molecular flexibility index (Phi) is 5.16. The summed E-state index contributed by atoms with van der Waals surface area (Å²) >= 11 is 2.91. The molecule has 2 aromatic carbocycles. The lowest BCUT2D eigenvalue weighted by Gasteiger charge is -2.10. The lowest BCUT2D eigenvalue weighted by molar-refractivity contribution is 0.0695. The minimum Gasteiger partial charge on any atom is -0.490 e. The van der Waals surface area contributed by atoms with Gasteiger partial charge in [-0.25, -0.2) is 9.18 Å². The van der Waals surface area contributed by atoms with E-state index in [0.29, 0.717) is 5.75 Å². The molecule has 21 heavy (non-hydrogen) atoms. The van der Waals surface area contributed by atoms with E-state index in [1.54, 1.807) is 12.1 Å². The summed E-state index contributed by atoms with van der Waals surface area (Å²) in [6.45, 7) is 0.395. The van der Waals surface area contributed by atoms with Gasteiger partial charge in [-0.2, -0.15) is 0 Å². The van der Waals surface area contributed by atoms with Crippen molar-refractivity contribution in [3.8, 4) is 11.5 Å². The molecule has 0 heterocycles. The van der Waals surface area contributed by atoms with Crippen molar-refractivity contribution in [2.45, 2.75) is 0 Å². The molecule has 0 aliphatic carbocycles. The summed E-state index contributed by atoms with van der Waals surface area (Å²) in [5, 5.41) is 8.86. The molecule has 0 amide bonds. The Bertz CT molecular complexity index is 631. The van der Waals surface area contributed by atoms with Crippen LogP contribution < -0.4 is 9.47 Å². The predicted octanol–water partition coefficient (Wildman–Crippen LogP) is 3.74. The van der Waals surface area contributed by atoms with Crippen LogP contribution in [0.1, 0.15) is 10.4 Å². The minimum atomic E-state index is -1.21. The number of carboxylic acids is 1. The molecule has 0 bridgehead atoms. The highest BCUT2D eigenvalue weighted by atomic mass is 79.9. The molecule has 0 aliphatic heterocycles. The van der Waals surface area contributed by atoms with Gasteiger partial charge in [-0.1, -0.05) is 18.2 Å². The van der Waals surface area contributed by atoms with E-state index in [1.807, 2.05) is 18.2 Å². The third kappa shape index (κ3) is 3.95. The largest absolute Gasteiger partial charge is 0.490 e. The first-order chi connectivity index (χ1) is 10.1. The number of para-hydroxylation sites is 1. The van der Waals surface area contributed by atoms with E-state index in [2.05, 4.69) is 15.9 Å². The smallest absolute Gasteiger partial charge is 0.336 e. The monoisotopic (exact) mass is 354 g/mol. The van der Waals surface area contributed by atoms with Crippen LogP contribution >= 0.6 is 15.9 Å². The Morgan fingerprint density at radius 3 is 2.43 bits per heavy atom. The number of carboxylic acid groups (broad SMARTS) is 1. The molecule has 0 radical (unpaired) electrons. The predicted molar refractivity (Wildman–Crippen MR) is 78.5 cm³/mol. The Balaban J connectivity index is 1.92. The second-order valence-electron chi connectivity index (χ2n) is 4.05. The minimum absolute atomic E-state index is 0.0245. The molecule has 0 aliphatic rings. The molecule has 0 spiro atoms. The van der Waals surface area contributed by atoms with Crippen LogP contribution in [0.3, 0.4) is 0 Å². The van der Waals surface area contributed by atoms with Crippen molar-refractivity contribution in [1.82, 2.24) is 0 Å². The number of carbonyl (C=O) groups is 1. The number of halogens is 2. The van der Waals surface area contributed by atoms with Gasteiger partial charge in [-0.05, 0) is 40.2 Å². The summed E-state index contributed by atoms with van der Waals surface area (Å²) in [6, 6.07) is 11.7. The third-order valence-corrected chi connectivity index (χ3v) is 3.41. The zero-order valence-corrected chi connectivity index (χ0v) is 12.5. The van der Waals surface area contributed by atoms with E-state index >= 15 is 0 Å². The molecule has 1 N–H and O–H groups in total. The lowest BCUT2D eigenvalue weighted by atomic mass is 10.2. The van der Waals surface area contributed by atoms with Gasteiger partial charge in [0.2, 0.25) is 0 Å². The molecule has 6 heteroatoms. The van der Waals surface area contributed by atoms with Crippen molar-refractivity contribution in [3.63, 3.8) is 0 Å². The second kappa shape index (κ2) is 7.08. The molecule has 0 unspecified atom stereocenters. The van der Waals surface area contributed by atoms with Gasteiger partial charge >= 0.3 is 5.97 Å². The van der Waals surface area contributed by atoms with Crippen LogP contribution in [-0.2, 0) is 0 Å². The number of hydrogen-bond donors (Lipinski definition) is 1. The summed E-state index contributed by atoms with van der Waals surface area (Å²) < 4.78 is 24.4. The molecule has 0 saturated carbocycles. The van der Waals surface area contributed by atoms with E-state index < -0.39 is 11.8 Å². The van der Waals surface area contributed by atoms with Gasteiger partial charge in [0.05, 0.1) is 10.0 Å². The Morgan fingerprint density at radius 1 is 1.10 bits per heavy atom. The molecule has 110 valence electrons. The summed E-state index contributed by atoms with van der Waals surface area (Å²) in [5.41, 5.74) is -0.152. The summed E-state index contributed by atoms with van der Waals surface area (Å²) in [5.74, 6) is -1.28. The number of ether oxygens (including phenoxy) is 2. The maximum atomic E-state index is 13.9. The van der Waals surface area contributed by atoms with Crippen LogP contribution in [0.2, 0.25) is 0 Å². The van der Waals surface area contributed by atoms with Crippen molar-refractivity contribution in [3.05, 3.63) is 58.3 Å². The Hall–Kier alpha value is -2.08. The summed E-state index contributed by atoms with van der Waals surface area (Å²) in [7, 11) is 0. The van der Waals surface area contributed by atoms with E-state index in [1.165, 1.54) is 12.1 Å². The van der Waals surface area contributed by atoms with E-state index in [4.69, 9.17) is 14.6 Å². The number of rotatable bonds is 6. The number of benzene rings is 2. The van der Waals surface area contributed by atoms with Crippen LogP contribution in [-0.4, -0.2) is 24.3 Å². The fourth-order valence-corrected chi connectivity index (χ4v) is 2.13. The zero-order valence-electron chi connectivity index (χ0n) is 10.9. The normalized spacial score (nSPS) is 10.2. The molecule has 2 rings (SSSR count). The van der Waals surface area contributed by atoms with Crippen molar-refractivity contribution in [2.24, 2.45) is 0 Å². The first-order valence-corrected chi connectivity index (χ1v) is 6.91. The van der Waals surface area contributed by atoms with E-state index in [0.717, 1.165) is 0 Å². The quantitative estimate of drug-likeness (QED) is 0.802. The van der Waals surface area contributed by atoms with E-state index in [-0.39, 0.29) is 29.0 Å². The lowest BCUT2D eigenvalue weighted by Crippen LogP contribution is -2.10. The summed E-state index contributed by atoms with van der Waals surface area (Å²) in [4.78, 5) is 10.8. The molecule has 0 atom stereocenters. The van der Waals surface area contributed by atoms with Gasteiger partial charge in [0, 0.05) is 0 Å². The third-order valence-electron chi connectivity index (χ3n) is 2.63. The topological polar surface area (TPSA) is 55.8 Å². The van der Waals surface area contributed by atoms with Gasteiger partial charge in [0.25, 0.3) is 0 Å². The molecule has 0 aromatic heterocycles. The molecule has 4 nitrogen and oxygen atoms in total. The molecule has 0 fully saturated rings. The maximum absolute atomic E-state index is 13.9. The highest BCUT2D eigenvalue weighted by Crippen LogP contribution is 2.28. The first kappa shape index (κ1) is 15.3. The molecular formula is C15H12BrFO4.